The maximum atomic E-state index is 12.6. The average molecular weight is 345 g/mol. The number of nitrogens with one attached hydrogen (secondary N) is 2. The van der Waals surface area contributed by atoms with Gasteiger partial charge in [0.25, 0.3) is 5.91 Å². The second kappa shape index (κ2) is 10.7. The van der Waals surface area contributed by atoms with Crippen LogP contribution >= 0.6 is 0 Å². The van der Waals surface area contributed by atoms with E-state index in [-0.39, 0.29) is 11.9 Å². The number of carbonyl (C=O) groups excluding carboxylic acids is 1. The molecule has 5 nitrogen and oxygen atoms in total. The lowest BCUT2D eigenvalue weighted by atomic mass is 9.98. The van der Waals surface area contributed by atoms with Crippen LogP contribution in [0.15, 0.2) is 51.7 Å². The number of hydrogen-bond donors (Lipinski definition) is 2. The van der Waals surface area contributed by atoms with E-state index >= 15 is 0 Å². The lowest BCUT2D eigenvalue weighted by molar-refractivity contribution is -0.121. The summed E-state index contributed by atoms with van der Waals surface area (Å²) in [5, 5.41) is 6.16. The third-order valence-corrected chi connectivity index (χ3v) is 4.11. The summed E-state index contributed by atoms with van der Waals surface area (Å²) in [5.41, 5.74) is 4.54. The summed E-state index contributed by atoms with van der Waals surface area (Å²) >= 11 is 0. The van der Waals surface area contributed by atoms with E-state index in [9.17, 15) is 4.79 Å². The Labute approximate surface area is 151 Å². The van der Waals surface area contributed by atoms with Gasteiger partial charge in [0, 0.05) is 30.9 Å². The van der Waals surface area contributed by atoms with E-state index in [1.54, 1.807) is 7.05 Å². The van der Waals surface area contributed by atoms with Crippen molar-refractivity contribution in [3.8, 4) is 0 Å². The van der Waals surface area contributed by atoms with Gasteiger partial charge in [0.1, 0.15) is 0 Å². The fourth-order valence-corrected chi connectivity index (χ4v) is 2.45. The number of ether oxygens (including phenoxy) is 1. The first kappa shape index (κ1) is 20.9. The third kappa shape index (κ3) is 6.02. The molecule has 1 fully saturated rings. The molecule has 0 aromatic heterocycles. The van der Waals surface area contributed by atoms with Crippen LogP contribution < -0.4 is 10.6 Å². The molecule has 0 radical (unpaired) electrons. The Morgan fingerprint density at radius 2 is 1.96 bits per heavy atom. The summed E-state index contributed by atoms with van der Waals surface area (Å²) in [6, 6.07) is 0.110. The number of allylic oxidation sites excluding steroid dienone is 6. The first-order valence-corrected chi connectivity index (χ1v) is 8.74. The molecule has 0 saturated carbocycles. The summed E-state index contributed by atoms with van der Waals surface area (Å²) < 4.78 is 5.13. The monoisotopic (exact) mass is 345 g/mol. The molecule has 5 heteroatoms. The van der Waals surface area contributed by atoms with Crippen molar-refractivity contribution in [2.45, 2.75) is 40.2 Å². The first-order chi connectivity index (χ1) is 12.0. The highest BCUT2D eigenvalue weighted by molar-refractivity contribution is 6.15. The molecular formula is C20H31N3O2. The zero-order valence-electron chi connectivity index (χ0n) is 16.3. The fourth-order valence-electron chi connectivity index (χ4n) is 2.45. The molecule has 138 valence electrons. The van der Waals surface area contributed by atoms with Crippen molar-refractivity contribution in [2.24, 2.45) is 4.99 Å². The van der Waals surface area contributed by atoms with Crippen molar-refractivity contribution in [3.63, 3.8) is 0 Å². The van der Waals surface area contributed by atoms with Crippen LogP contribution in [0.25, 0.3) is 0 Å². The van der Waals surface area contributed by atoms with Crippen LogP contribution in [0.3, 0.4) is 0 Å². The Kier molecular flexibility index (Phi) is 8.92. The van der Waals surface area contributed by atoms with Gasteiger partial charge in [-0.2, -0.15) is 0 Å². The van der Waals surface area contributed by atoms with Gasteiger partial charge in [0.2, 0.25) is 0 Å². The van der Waals surface area contributed by atoms with Crippen LogP contribution in [0, 0.1) is 0 Å². The van der Waals surface area contributed by atoms with Crippen molar-refractivity contribution >= 4 is 11.6 Å². The van der Waals surface area contributed by atoms with Gasteiger partial charge in [-0.05, 0) is 38.8 Å². The highest BCUT2D eigenvalue weighted by atomic mass is 16.5. The second-order valence-corrected chi connectivity index (χ2v) is 5.95. The Hall–Kier alpha value is -2.14. The van der Waals surface area contributed by atoms with Crippen LogP contribution in [-0.2, 0) is 9.53 Å². The molecular weight excluding hydrogens is 314 g/mol. The lowest BCUT2D eigenvalue weighted by Gasteiger charge is -2.27. The number of rotatable bonds is 8. The SMILES string of the molecule is C\C=C/C(=C\C(=C\CC)C(=O)NC1COC1)C(=NC)/C(C)=C(\C)NC. The van der Waals surface area contributed by atoms with E-state index in [0.29, 0.717) is 18.8 Å². The molecule has 1 amide bonds. The second-order valence-electron chi connectivity index (χ2n) is 5.95. The van der Waals surface area contributed by atoms with Crippen molar-refractivity contribution in [1.29, 1.82) is 0 Å². The average Bonchev–Trinajstić information content (AvgIpc) is 2.57. The molecule has 0 bridgehead atoms. The maximum Gasteiger partial charge on any atom is 0.251 e. The van der Waals surface area contributed by atoms with Crippen LogP contribution in [-0.4, -0.2) is 45.0 Å². The summed E-state index contributed by atoms with van der Waals surface area (Å²) in [7, 11) is 3.66. The minimum atomic E-state index is -0.0698. The molecule has 2 N–H and O–H groups in total. The number of hydrogen-bond acceptors (Lipinski definition) is 4. The van der Waals surface area contributed by atoms with E-state index in [0.717, 1.165) is 29.0 Å². The standard InChI is InChI=1S/C20H31N3O2/c1-7-9-16(19(22-6)14(3)15(4)21-5)11-17(10-8-2)20(24)23-18-12-25-13-18/h7,9-11,18,21H,8,12-13H2,1-6H3,(H,23,24)/b9-7-,15-14+,16-11+,17-10-,22-19?. The molecule has 25 heavy (non-hydrogen) atoms. The molecule has 1 aliphatic rings. The highest BCUT2D eigenvalue weighted by Crippen LogP contribution is 2.16. The van der Waals surface area contributed by atoms with Gasteiger partial charge in [-0.25, -0.2) is 0 Å². The topological polar surface area (TPSA) is 62.7 Å². The Morgan fingerprint density at radius 1 is 1.28 bits per heavy atom. The van der Waals surface area contributed by atoms with Crippen LogP contribution in [0.1, 0.15) is 34.1 Å². The molecule has 0 spiro atoms. The Balaban J connectivity index is 3.22. The highest BCUT2D eigenvalue weighted by Gasteiger charge is 2.22. The normalized spacial score (nSPS) is 18.1. The molecule has 0 unspecified atom stereocenters. The quantitative estimate of drug-likeness (QED) is 0.404. The summed E-state index contributed by atoms with van der Waals surface area (Å²) in [6.07, 6.45) is 8.58. The van der Waals surface area contributed by atoms with E-state index in [2.05, 4.69) is 15.6 Å². The molecule has 1 aliphatic heterocycles. The van der Waals surface area contributed by atoms with Crippen LogP contribution in [0.5, 0.6) is 0 Å². The minimum Gasteiger partial charge on any atom is -0.391 e. The number of amides is 1. The van der Waals surface area contributed by atoms with E-state index in [1.807, 2.05) is 59.0 Å². The van der Waals surface area contributed by atoms with Gasteiger partial charge in [-0.3, -0.25) is 9.79 Å². The molecule has 0 atom stereocenters. The van der Waals surface area contributed by atoms with Crippen molar-refractivity contribution < 1.29 is 9.53 Å². The number of carbonyl (C=O) groups is 1. The predicted molar refractivity (Wildman–Crippen MR) is 105 cm³/mol. The number of aliphatic imine (C=N–C) groups is 1. The maximum absolute atomic E-state index is 12.6. The number of nitrogens with zero attached hydrogens (tertiary/aromatic N) is 1. The zero-order chi connectivity index (χ0) is 18.8. The minimum absolute atomic E-state index is 0.0698. The zero-order valence-corrected chi connectivity index (χ0v) is 16.3. The van der Waals surface area contributed by atoms with Gasteiger partial charge in [0.05, 0.1) is 25.0 Å². The molecule has 0 aliphatic carbocycles. The van der Waals surface area contributed by atoms with Gasteiger partial charge in [-0.15, -0.1) is 0 Å². The van der Waals surface area contributed by atoms with Crippen LogP contribution in [0.4, 0.5) is 0 Å². The fraction of sp³-hybridized carbons (Fsp3) is 0.500. The predicted octanol–water partition coefficient (Wildman–Crippen LogP) is 2.92. The van der Waals surface area contributed by atoms with Gasteiger partial charge in [-0.1, -0.05) is 25.2 Å². The van der Waals surface area contributed by atoms with E-state index in [1.165, 1.54) is 0 Å². The van der Waals surface area contributed by atoms with E-state index < -0.39 is 0 Å². The largest absolute Gasteiger partial charge is 0.391 e. The molecule has 1 rings (SSSR count). The van der Waals surface area contributed by atoms with Crippen molar-refractivity contribution in [1.82, 2.24) is 10.6 Å². The lowest BCUT2D eigenvalue weighted by Crippen LogP contribution is -2.48. The summed E-state index contributed by atoms with van der Waals surface area (Å²) in [4.78, 5) is 17.0. The summed E-state index contributed by atoms with van der Waals surface area (Å²) in [6.45, 7) is 9.19. The first-order valence-electron chi connectivity index (χ1n) is 8.74. The van der Waals surface area contributed by atoms with Gasteiger partial charge in [0.15, 0.2) is 0 Å². The van der Waals surface area contributed by atoms with E-state index in [4.69, 9.17) is 4.74 Å². The smallest absolute Gasteiger partial charge is 0.251 e. The Bertz CT molecular complexity index is 621. The summed E-state index contributed by atoms with van der Waals surface area (Å²) in [5.74, 6) is -0.0698. The Morgan fingerprint density at radius 3 is 2.40 bits per heavy atom. The molecule has 1 heterocycles. The van der Waals surface area contributed by atoms with Crippen molar-refractivity contribution in [2.75, 3.05) is 27.3 Å². The molecule has 0 aromatic carbocycles. The van der Waals surface area contributed by atoms with Gasteiger partial charge >= 0.3 is 0 Å². The third-order valence-electron chi connectivity index (χ3n) is 4.11. The van der Waals surface area contributed by atoms with Crippen LogP contribution in [0.2, 0.25) is 0 Å². The van der Waals surface area contributed by atoms with Gasteiger partial charge < -0.3 is 15.4 Å². The molecule has 1 saturated heterocycles. The van der Waals surface area contributed by atoms with Crippen molar-refractivity contribution in [3.05, 3.63) is 46.7 Å². The molecule has 0 aromatic rings.